The summed E-state index contributed by atoms with van der Waals surface area (Å²) in [6.45, 7) is 2.11. The number of hydrogen-bond acceptors (Lipinski definition) is 6. The van der Waals surface area contributed by atoms with Crippen molar-refractivity contribution in [1.29, 1.82) is 0 Å². The highest BCUT2D eigenvalue weighted by Gasteiger charge is 2.08. The third-order valence-corrected chi connectivity index (χ3v) is 4.15. The maximum absolute atomic E-state index is 12.3. The quantitative estimate of drug-likeness (QED) is 0.549. The van der Waals surface area contributed by atoms with Crippen molar-refractivity contribution in [3.05, 3.63) is 60.4 Å². The van der Waals surface area contributed by atoms with Gasteiger partial charge < -0.3 is 20.1 Å². The summed E-state index contributed by atoms with van der Waals surface area (Å²) in [6.07, 6.45) is 2.36. The molecule has 0 aliphatic heterocycles. The van der Waals surface area contributed by atoms with Crippen molar-refractivity contribution in [2.45, 2.75) is 13.3 Å². The second kappa shape index (κ2) is 9.41. The number of hydrogen-bond donors (Lipinski definition) is 3. The molecular formula is C21H23N5O3. The van der Waals surface area contributed by atoms with Crippen LogP contribution in [0.2, 0.25) is 0 Å². The highest BCUT2D eigenvalue weighted by atomic mass is 16.5. The van der Waals surface area contributed by atoms with Gasteiger partial charge in [-0.15, -0.1) is 0 Å². The van der Waals surface area contributed by atoms with Crippen molar-refractivity contribution < 1.29 is 14.3 Å². The van der Waals surface area contributed by atoms with Gasteiger partial charge in [-0.25, -0.2) is 14.8 Å². The molecular weight excluding hydrogens is 370 g/mol. The van der Waals surface area contributed by atoms with Gasteiger partial charge in [0.05, 0.1) is 14.2 Å². The molecule has 0 spiro atoms. The molecule has 3 aromatic rings. The van der Waals surface area contributed by atoms with Gasteiger partial charge >= 0.3 is 6.03 Å². The Morgan fingerprint density at radius 2 is 1.52 bits per heavy atom. The van der Waals surface area contributed by atoms with Gasteiger partial charge in [-0.1, -0.05) is 19.1 Å². The van der Waals surface area contributed by atoms with Gasteiger partial charge in [0.25, 0.3) is 0 Å². The van der Waals surface area contributed by atoms with Crippen molar-refractivity contribution in [3.8, 4) is 11.5 Å². The first kappa shape index (κ1) is 19.9. The van der Waals surface area contributed by atoms with Gasteiger partial charge in [0.15, 0.2) is 0 Å². The third kappa shape index (κ3) is 5.58. The van der Waals surface area contributed by atoms with Crippen molar-refractivity contribution in [2.75, 3.05) is 30.2 Å². The Morgan fingerprint density at radius 3 is 2.14 bits per heavy atom. The number of carbonyl (C=O) groups is 1. The zero-order chi connectivity index (χ0) is 20.6. The molecule has 0 unspecified atom stereocenters. The number of aryl methyl sites for hydroxylation is 1. The minimum Gasteiger partial charge on any atom is -0.497 e. The van der Waals surface area contributed by atoms with Gasteiger partial charge in [0.1, 0.15) is 29.5 Å². The zero-order valence-electron chi connectivity index (χ0n) is 16.5. The number of nitrogens with one attached hydrogen (secondary N) is 3. The van der Waals surface area contributed by atoms with Crippen LogP contribution in [0.3, 0.4) is 0 Å². The minimum atomic E-state index is -0.447. The molecule has 2 amide bonds. The van der Waals surface area contributed by atoms with Crippen LogP contribution in [0.5, 0.6) is 11.5 Å². The van der Waals surface area contributed by atoms with E-state index in [1.54, 1.807) is 38.5 Å². The first-order valence-corrected chi connectivity index (χ1v) is 9.08. The minimum absolute atomic E-state index is 0.361. The molecule has 0 saturated carbocycles. The predicted molar refractivity (Wildman–Crippen MR) is 113 cm³/mol. The lowest BCUT2D eigenvalue weighted by Gasteiger charge is -2.11. The Bertz CT molecular complexity index is 954. The number of amides is 2. The van der Waals surface area contributed by atoms with E-state index in [-0.39, 0.29) is 0 Å². The molecule has 0 aliphatic rings. The summed E-state index contributed by atoms with van der Waals surface area (Å²) in [5.41, 5.74) is 2.69. The smallest absolute Gasteiger partial charge is 0.324 e. The van der Waals surface area contributed by atoms with E-state index in [1.807, 2.05) is 12.1 Å². The number of benzene rings is 2. The summed E-state index contributed by atoms with van der Waals surface area (Å²) in [4.78, 5) is 20.6. The van der Waals surface area contributed by atoms with E-state index in [4.69, 9.17) is 9.47 Å². The number of methoxy groups -OCH3 is 2. The molecule has 0 aliphatic carbocycles. The number of carbonyl (C=O) groups excluding carboxylic acids is 1. The zero-order valence-corrected chi connectivity index (χ0v) is 16.5. The maximum atomic E-state index is 12.3. The fourth-order valence-electron chi connectivity index (χ4n) is 2.62. The summed E-state index contributed by atoms with van der Waals surface area (Å²) in [5, 5.41) is 8.61. The van der Waals surface area contributed by atoms with Crippen LogP contribution in [-0.4, -0.2) is 30.2 Å². The molecule has 0 atom stereocenters. The molecule has 8 nitrogen and oxygen atoms in total. The van der Waals surface area contributed by atoms with Crippen LogP contribution in [0, 0.1) is 0 Å². The normalized spacial score (nSPS) is 10.2. The van der Waals surface area contributed by atoms with Crippen LogP contribution in [0.15, 0.2) is 54.9 Å². The van der Waals surface area contributed by atoms with Crippen molar-refractivity contribution in [2.24, 2.45) is 0 Å². The Hall–Kier alpha value is -3.81. The van der Waals surface area contributed by atoms with E-state index in [0.717, 1.165) is 12.1 Å². The van der Waals surface area contributed by atoms with E-state index >= 15 is 0 Å². The molecule has 8 heteroatoms. The highest BCUT2D eigenvalue weighted by Crippen LogP contribution is 2.26. The third-order valence-electron chi connectivity index (χ3n) is 4.15. The van der Waals surface area contributed by atoms with Crippen LogP contribution in [0.1, 0.15) is 12.5 Å². The van der Waals surface area contributed by atoms with Crippen LogP contribution < -0.4 is 25.4 Å². The second-order valence-corrected chi connectivity index (χ2v) is 6.14. The fraction of sp³-hybridized carbons (Fsp3) is 0.190. The molecule has 3 N–H and O–H groups in total. The molecule has 0 radical (unpaired) electrons. The van der Waals surface area contributed by atoms with Gasteiger partial charge in [-0.2, -0.15) is 0 Å². The standard InChI is InChI=1S/C21H23N5O3/c1-4-14-5-7-15(8-6-14)24-19-12-20(23-13-22-19)26-21(27)25-16-9-17(28-2)11-18(10-16)29-3/h5-13H,4H2,1-3H3,(H3,22,23,24,25,26,27). The SMILES string of the molecule is CCc1ccc(Nc2cc(NC(=O)Nc3cc(OC)cc(OC)c3)ncn2)cc1. The predicted octanol–water partition coefficient (Wildman–Crippen LogP) is 4.44. The van der Waals surface area contributed by atoms with E-state index in [1.165, 1.54) is 11.9 Å². The molecule has 0 saturated heterocycles. The summed E-state index contributed by atoms with van der Waals surface area (Å²) < 4.78 is 10.4. The lowest BCUT2D eigenvalue weighted by Crippen LogP contribution is -2.20. The number of ether oxygens (including phenoxy) is 2. The second-order valence-electron chi connectivity index (χ2n) is 6.14. The van der Waals surface area contributed by atoms with Gasteiger partial charge in [0, 0.05) is 35.6 Å². The van der Waals surface area contributed by atoms with Crippen LogP contribution in [0.4, 0.5) is 27.8 Å². The monoisotopic (exact) mass is 393 g/mol. The summed E-state index contributed by atoms with van der Waals surface area (Å²) >= 11 is 0. The highest BCUT2D eigenvalue weighted by molar-refractivity contribution is 5.99. The van der Waals surface area contributed by atoms with E-state index in [0.29, 0.717) is 28.8 Å². The summed E-state index contributed by atoms with van der Waals surface area (Å²) in [7, 11) is 3.09. The van der Waals surface area contributed by atoms with Gasteiger partial charge in [-0.05, 0) is 24.1 Å². The Morgan fingerprint density at radius 1 is 0.862 bits per heavy atom. The molecule has 0 bridgehead atoms. The Balaban J connectivity index is 1.65. The molecule has 1 heterocycles. The van der Waals surface area contributed by atoms with Crippen LogP contribution >= 0.6 is 0 Å². The lowest BCUT2D eigenvalue weighted by molar-refractivity contribution is 0.262. The number of anilines is 4. The molecule has 150 valence electrons. The van der Waals surface area contributed by atoms with E-state index in [2.05, 4.69) is 45.0 Å². The summed E-state index contributed by atoms with van der Waals surface area (Å²) in [6, 6.07) is 14.4. The largest absolute Gasteiger partial charge is 0.497 e. The number of rotatable bonds is 7. The maximum Gasteiger partial charge on any atom is 0.324 e. The average Bonchev–Trinajstić information content (AvgIpc) is 2.74. The number of urea groups is 1. The number of nitrogens with zero attached hydrogens (tertiary/aromatic N) is 2. The van der Waals surface area contributed by atoms with Crippen molar-refractivity contribution in [1.82, 2.24) is 9.97 Å². The van der Waals surface area contributed by atoms with E-state index < -0.39 is 6.03 Å². The molecule has 2 aromatic carbocycles. The van der Waals surface area contributed by atoms with E-state index in [9.17, 15) is 4.79 Å². The molecule has 29 heavy (non-hydrogen) atoms. The average molecular weight is 393 g/mol. The Kier molecular flexibility index (Phi) is 6.47. The molecule has 0 fully saturated rings. The molecule has 1 aromatic heterocycles. The fourth-order valence-corrected chi connectivity index (χ4v) is 2.62. The van der Waals surface area contributed by atoms with Gasteiger partial charge in [-0.3, -0.25) is 5.32 Å². The first-order chi connectivity index (χ1) is 14.1. The van der Waals surface area contributed by atoms with Crippen molar-refractivity contribution >= 4 is 29.0 Å². The number of aromatic nitrogens is 2. The molecule has 3 rings (SSSR count). The summed E-state index contributed by atoms with van der Waals surface area (Å²) in [5.74, 6) is 2.08. The van der Waals surface area contributed by atoms with Crippen LogP contribution in [0.25, 0.3) is 0 Å². The topological polar surface area (TPSA) is 97.4 Å². The van der Waals surface area contributed by atoms with Crippen molar-refractivity contribution in [3.63, 3.8) is 0 Å². The van der Waals surface area contributed by atoms with Gasteiger partial charge in [0.2, 0.25) is 0 Å². The first-order valence-electron chi connectivity index (χ1n) is 9.08. The van der Waals surface area contributed by atoms with Crippen LogP contribution in [-0.2, 0) is 6.42 Å². The lowest BCUT2D eigenvalue weighted by atomic mass is 10.1. The Labute approximate surface area is 169 Å².